The van der Waals surface area contributed by atoms with Gasteiger partial charge in [-0.2, -0.15) is 0 Å². The summed E-state index contributed by atoms with van der Waals surface area (Å²) in [5.41, 5.74) is 3.80. The fourth-order valence-corrected chi connectivity index (χ4v) is 1.89. The van der Waals surface area contributed by atoms with E-state index in [2.05, 4.69) is 65.7 Å². The summed E-state index contributed by atoms with van der Waals surface area (Å²) < 4.78 is 0. The van der Waals surface area contributed by atoms with Crippen molar-refractivity contribution in [2.75, 3.05) is 11.9 Å². The van der Waals surface area contributed by atoms with Gasteiger partial charge in [-0.05, 0) is 30.5 Å². The molecule has 0 aromatic heterocycles. The summed E-state index contributed by atoms with van der Waals surface area (Å²) in [6, 6.07) is 18.9. The van der Waals surface area contributed by atoms with Crippen LogP contribution in [0.3, 0.4) is 0 Å². The Morgan fingerprint density at radius 3 is 2.44 bits per heavy atom. The summed E-state index contributed by atoms with van der Waals surface area (Å²) in [6.07, 6.45) is 0.948. The Labute approximate surface area is 109 Å². The SMILES string of the molecule is CC#CCNc1ccccc1Cc1ccccc1. The Morgan fingerprint density at radius 2 is 1.67 bits per heavy atom. The van der Waals surface area contributed by atoms with Crippen molar-refractivity contribution < 1.29 is 0 Å². The molecule has 0 radical (unpaired) electrons. The second kappa shape index (κ2) is 6.51. The van der Waals surface area contributed by atoms with Crippen molar-refractivity contribution >= 4 is 5.69 Å². The molecule has 0 spiro atoms. The lowest BCUT2D eigenvalue weighted by molar-refractivity contribution is 1.18. The zero-order chi connectivity index (χ0) is 12.6. The van der Waals surface area contributed by atoms with Crippen LogP contribution >= 0.6 is 0 Å². The van der Waals surface area contributed by atoms with Gasteiger partial charge in [0, 0.05) is 5.69 Å². The first-order chi connectivity index (χ1) is 8.90. The smallest absolute Gasteiger partial charge is 0.0765 e. The number of benzene rings is 2. The maximum Gasteiger partial charge on any atom is 0.0765 e. The third kappa shape index (κ3) is 3.40. The van der Waals surface area contributed by atoms with Gasteiger partial charge in [0.2, 0.25) is 0 Å². The highest BCUT2D eigenvalue weighted by atomic mass is 14.9. The molecule has 0 unspecified atom stereocenters. The molecule has 2 aromatic rings. The Kier molecular flexibility index (Phi) is 4.44. The predicted octanol–water partition coefficient (Wildman–Crippen LogP) is 3.71. The lowest BCUT2D eigenvalue weighted by Gasteiger charge is -2.10. The van der Waals surface area contributed by atoms with Gasteiger partial charge in [0.05, 0.1) is 6.54 Å². The average molecular weight is 235 g/mol. The lowest BCUT2D eigenvalue weighted by Crippen LogP contribution is -2.02. The molecule has 0 aliphatic heterocycles. The molecule has 1 N–H and O–H groups in total. The van der Waals surface area contributed by atoms with Crippen LogP contribution in [0.1, 0.15) is 18.1 Å². The maximum atomic E-state index is 3.36. The molecular formula is C17H17N. The van der Waals surface area contributed by atoms with Gasteiger partial charge in [-0.1, -0.05) is 54.5 Å². The largest absolute Gasteiger partial charge is 0.374 e. The lowest BCUT2D eigenvalue weighted by atomic mass is 10.0. The zero-order valence-corrected chi connectivity index (χ0v) is 10.6. The van der Waals surface area contributed by atoms with Crippen LogP contribution in [-0.4, -0.2) is 6.54 Å². The van der Waals surface area contributed by atoms with Crippen molar-refractivity contribution in [1.82, 2.24) is 0 Å². The molecule has 0 fully saturated rings. The standard InChI is InChI=1S/C17H17N/c1-2-3-13-18-17-12-8-7-11-16(17)14-15-9-5-4-6-10-15/h4-12,18H,13-14H2,1H3. The van der Waals surface area contributed by atoms with Crippen LogP contribution in [0.15, 0.2) is 54.6 Å². The minimum absolute atomic E-state index is 0.697. The number of rotatable bonds is 4. The van der Waals surface area contributed by atoms with E-state index in [1.54, 1.807) is 0 Å². The predicted molar refractivity (Wildman–Crippen MR) is 77.6 cm³/mol. The number of nitrogens with one attached hydrogen (secondary N) is 1. The van der Waals surface area contributed by atoms with E-state index >= 15 is 0 Å². The van der Waals surface area contributed by atoms with Crippen LogP contribution < -0.4 is 5.32 Å². The molecule has 90 valence electrons. The molecule has 0 aliphatic carbocycles. The van der Waals surface area contributed by atoms with Gasteiger partial charge in [0.1, 0.15) is 0 Å². The van der Waals surface area contributed by atoms with Crippen molar-refractivity contribution in [1.29, 1.82) is 0 Å². The van der Waals surface area contributed by atoms with Crippen molar-refractivity contribution in [3.8, 4) is 11.8 Å². The van der Waals surface area contributed by atoms with E-state index in [0.717, 1.165) is 6.42 Å². The van der Waals surface area contributed by atoms with Crippen LogP contribution in [0, 0.1) is 11.8 Å². The van der Waals surface area contributed by atoms with Crippen LogP contribution in [0.4, 0.5) is 5.69 Å². The minimum Gasteiger partial charge on any atom is -0.374 e. The van der Waals surface area contributed by atoms with E-state index in [1.807, 2.05) is 13.0 Å². The molecule has 0 aliphatic rings. The van der Waals surface area contributed by atoms with Gasteiger partial charge < -0.3 is 5.32 Å². The molecule has 0 amide bonds. The van der Waals surface area contributed by atoms with E-state index in [9.17, 15) is 0 Å². The number of hydrogen-bond acceptors (Lipinski definition) is 1. The fraction of sp³-hybridized carbons (Fsp3) is 0.176. The minimum atomic E-state index is 0.697. The molecule has 0 atom stereocenters. The maximum absolute atomic E-state index is 3.36. The zero-order valence-electron chi connectivity index (χ0n) is 10.6. The van der Waals surface area contributed by atoms with Crippen molar-refractivity contribution in [3.63, 3.8) is 0 Å². The highest BCUT2D eigenvalue weighted by Crippen LogP contribution is 2.18. The monoisotopic (exact) mass is 235 g/mol. The summed E-state index contributed by atoms with van der Waals surface area (Å²) in [5, 5.41) is 3.36. The van der Waals surface area contributed by atoms with E-state index in [1.165, 1.54) is 16.8 Å². The van der Waals surface area contributed by atoms with E-state index < -0.39 is 0 Å². The molecule has 2 rings (SSSR count). The first kappa shape index (κ1) is 12.3. The molecule has 2 aromatic carbocycles. The van der Waals surface area contributed by atoms with Crippen LogP contribution in [0.5, 0.6) is 0 Å². The van der Waals surface area contributed by atoms with Crippen molar-refractivity contribution in [2.24, 2.45) is 0 Å². The van der Waals surface area contributed by atoms with Crippen LogP contribution in [0.25, 0.3) is 0 Å². The van der Waals surface area contributed by atoms with Crippen LogP contribution in [0.2, 0.25) is 0 Å². The summed E-state index contributed by atoms with van der Waals surface area (Å²) in [7, 11) is 0. The number of anilines is 1. The van der Waals surface area contributed by atoms with Gasteiger partial charge in [-0.25, -0.2) is 0 Å². The first-order valence-corrected chi connectivity index (χ1v) is 6.15. The van der Waals surface area contributed by atoms with Gasteiger partial charge >= 0.3 is 0 Å². The third-order valence-corrected chi connectivity index (χ3v) is 2.80. The summed E-state index contributed by atoms with van der Waals surface area (Å²) in [5.74, 6) is 5.92. The molecule has 1 nitrogen and oxygen atoms in total. The van der Waals surface area contributed by atoms with Crippen molar-refractivity contribution in [2.45, 2.75) is 13.3 Å². The molecule has 0 heterocycles. The second-order valence-corrected chi connectivity index (χ2v) is 4.10. The summed E-state index contributed by atoms with van der Waals surface area (Å²) in [6.45, 7) is 2.56. The van der Waals surface area contributed by atoms with Crippen molar-refractivity contribution in [3.05, 3.63) is 65.7 Å². The highest BCUT2D eigenvalue weighted by Gasteiger charge is 2.01. The Balaban J connectivity index is 2.14. The molecular weight excluding hydrogens is 218 g/mol. The summed E-state index contributed by atoms with van der Waals surface area (Å²) >= 11 is 0. The number of hydrogen-bond donors (Lipinski definition) is 1. The third-order valence-electron chi connectivity index (χ3n) is 2.80. The molecule has 0 saturated carbocycles. The van der Waals surface area contributed by atoms with E-state index in [-0.39, 0.29) is 0 Å². The highest BCUT2D eigenvalue weighted by molar-refractivity contribution is 5.53. The molecule has 0 bridgehead atoms. The van der Waals surface area contributed by atoms with E-state index in [0.29, 0.717) is 6.54 Å². The topological polar surface area (TPSA) is 12.0 Å². The second-order valence-electron chi connectivity index (χ2n) is 4.10. The number of para-hydroxylation sites is 1. The first-order valence-electron chi connectivity index (χ1n) is 6.15. The Hall–Kier alpha value is -2.20. The van der Waals surface area contributed by atoms with Gasteiger partial charge in [0.25, 0.3) is 0 Å². The Bertz CT molecular complexity index is 547. The quantitative estimate of drug-likeness (QED) is 0.796. The van der Waals surface area contributed by atoms with Crippen LogP contribution in [-0.2, 0) is 6.42 Å². The molecule has 1 heteroatoms. The average Bonchev–Trinajstić information content (AvgIpc) is 2.42. The summed E-state index contributed by atoms with van der Waals surface area (Å²) in [4.78, 5) is 0. The fourth-order valence-electron chi connectivity index (χ4n) is 1.89. The van der Waals surface area contributed by atoms with E-state index in [4.69, 9.17) is 0 Å². The molecule has 18 heavy (non-hydrogen) atoms. The Morgan fingerprint density at radius 1 is 0.944 bits per heavy atom. The van der Waals surface area contributed by atoms with Gasteiger partial charge in [-0.15, -0.1) is 5.92 Å². The molecule has 0 saturated heterocycles. The normalized spacial score (nSPS) is 9.39. The van der Waals surface area contributed by atoms with Gasteiger partial charge in [0.15, 0.2) is 0 Å². The van der Waals surface area contributed by atoms with Gasteiger partial charge in [-0.3, -0.25) is 0 Å².